The molecule has 7 aliphatic rings. The molecule has 610 valence electrons. The molecule has 2 heterocycles. The van der Waals surface area contributed by atoms with Crippen LogP contribution >= 0.6 is 0 Å². The number of nitrogens with zero attached hydrogens (tertiary/aromatic N) is 9. The standard InChI is InChI=1S/C76H118F8N12O12/c1-13-45(3)63-71(106)90(7)44-61(99)92(9)55-28-19-16-22-37-96(70(55)105)58(41-47-29-32-50(33-30-47)75(79,80)81)69(104)89(6)43-59(97)85-53(34-31-48-38-51(77)62(52(78)39-48)76(82,83)84)67(102)93(10)56(40-46-24-17-15-18-25-46)66(101)87-74(35-23-36-74)73(108)95(12)64(49-26-20-21-27-49)72(107)94(11)57(68(103)88(4)5)42-60(98)91(8)54(14-2)65(100)86-63/h16,19,45-58,62-64H,13-15,17-18,20-44H2,1-12H3,(H,85,97)(H,86,100)(H,87,101)/b19-16-/t45-,47?,48?,50?,51?,52?,53-,54-,55-,56-,57-,58-,62?,63-,64-/m0/s1. The first-order chi connectivity index (χ1) is 50.7. The second-order valence-corrected chi connectivity index (χ2v) is 32.3. The largest absolute Gasteiger partial charge is 0.397 e. The number of halogens is 8. The molecule has 12 amide bonds. The first-order valence-corrected chi connectivity index (χ1v) is 39.0. The Morgan fingerprint density at radius 1 is 0.583 bits per heavy atom. The summed E-state index contributed by atoms with van der Waals surface area (Å²) in [6.45, 7) is 3.45. The van der Waals surface area contributed by atoms with Gasteiger partial charge in [0.2, 0.25) is 70.9 Å². The summed E-state index contributed by atoms with van der Waals surface area (Å²) >= 11 is 0. The molecule has 0 radical (unpaired) electrons. The number of likely N-dealkylation sites (N-methyl/N-ethyl adjacent to an activating group) is 8. The Labute approximate surface area is 630 Å². The van der Waals surface area contributed by atoms with Crippen LogP contribution < -0.4 is 16.0 Å². The minimum Gasteiger partial charge on any atom is -0.347 e. The van der Waals surface area contributed by atoms with Crippen molar-refractivity contribution in [1.82, 2.24) is 60.0 Å². The highest BCUT2D eigenvalue weighted by atomic mass is 19.4. The lowest BCUT2D eigenvalue weighted by molar-refractivity contribution is -0.219. The van der Waals surface area contributed by atoms with Crippen molar-refractivity contribution < 1.29 is 92.7 Å². The Morgan fingerprint density at radius 2 is 1.17 bits per heavy atom. The van der Waals surface area contributed by atoms with Crippen LogP contribution in [0, 0.1) is 41.4 Å². The minimum absolute atomic E-state index is 0.00306. The van der Waals surface area contributed by atoms with Gasteiger partial charge in [-0.2, -0.15) is 26.3 Å². The van der Waals surface area contributed by atoms with E-state index in [1.54, 1.807) is 32.9 Å². The zero-order valence-electron chi connectivity index (χ0n) is 65.1. The fourth-order valence-electron chi connectivity index (χ4n) is 17.5. The van der Waals surface area contributed by atoms with Crippen LogP contribution in [0.2, 0.25) is 0 Å². The van der Waals surface area contributed by atoms with Crippen molar-refractivity contribution in [3.05, 3.63) is 12.2 Å². The third-order valence-corrected chi connectivity index (χ3v) is 24.7. The van der Waals surface area contributed by atoms with Gasteiger partial charge in [0.15, 0.2) is 0 Å². The molecule has 0 aromatic rings. The summed E-state index contributed by atoms with van der Waals surface area (Å²) in [4.78, 5) is 191. The van der Waals surface area contributed by atoms with Crippen LogP contribution in [0.25, 0.3) is 0 Å². The molecule has 2 unspecified atom stereocenters. The maximum atomic E-state index is 15.6. The summed E-state index contributed by atoms with van der Waals surface area (Å²) in [6, 6.07) is -11.2. The molecule has 32 heteroatoms. The van der Waals surface area contributed by atoms with Crippen LogP contribution in [0.4, 0.5) is 35.1 Å². The molecule has 0 aromatic carbocycles. The van der Waals surface area contributed by atoms with Crippen molar-refractivity contribution in [1.29, 1.82) is 0 Å². The van der Waals surface area contributed by atoms with Crippen molar-refractivity contribution in [2.24, 2.45) is 41.4 Å². The molecule has 7 rings (SSSR count). The molecule has 0 aromatic heterocycles. The highest BCUT2D eigenvalue weighted by molar-refractivity contribution is 6.01. The molecular formula is C76H118F8N12O12. The SMILES string of the molecule is CC[C@H](C)[C@@H]1NC(=O)[C@H](CC)N(C)C(=O)C[C@@H](C(=O)N(C)C)N(C)C(=O)[C@H](C2CCCC2)N(C)C(=O)C2(CCC2)NC(=O)[C@H](CC2CCCCC2)N(C)C(=O)[C@H](CCC2CC(F)C(C(F)(F)F)C(F)C2)NC(=O)CN(C)C(=O)[C@H](CC2CCC(C(F)(F)F)CC2)N2CC/C=C\C[C@@H](C2=O)N(C)C(=O)CN(C)C1=O. The highest BCUT2D eigenvalue weighted by Gasteiger charge is 2.56. The lowest BCUT2D eigenvalue weighted by Gasteiger charge is -2.47. The van der Waals surface area contributed by atoms with Gasteiger partial charge in [0.25, 0.3) is 0 Å². The van der Waals surface area contributed by atoms with E-state index in [0.717, 1.165) is 48.7 Å². The molecule has 5 saturated carbocycles. The average Bonchev–Trinajstić information content (AvgIpc) is 0.970. The van der Waals surface area contributed by atoms with Gasteiger partial charge in [-0.3, -0.25) is 57.5 Å². The summed E-state index contributed by atoms with van der Waals surface area (Å²) in [5, 5.41) is 8.48. The van der Waals surface area contributed by atoms with E-state index in [2.05, 4.69) is 16.0 Å². The van der Waals surface area contributed by atoms with Crippen molar-refractivity contribution in [2.45, 2.75) is 273 Å². The average molecular weight is 1540 g/mol. The second kappa shape index (κ2) is 38.2. The highest BCUT2D eigenvalue weighted by Crippen LogP contribution is 2.46. The van der Waals surface area contributed by atoms with E-state index in [1.165, 1.54) is 78.1 Å². The Bertz CT molecular complexity index is 3200. The Morgan fingerprint density at radius 3 is 1.72 bits per heavy atom. The molecule has 108 heavy (non-hydrogen) atoms. The maximum absolute atomic E-state index is 15.6. The number of fused-ring (bicyclic) bond motifs is 2. The summed E-state index contributed by atoms with van der Waals surface area (Å²) in [5.41, 5.74) is -1.66. The quantitative estimate of drug-likeness (QED) is 0.127. The molecule has 11 atom stereocenters. The third-order valence-electron chi connectivity index (χ3n) is 24.7. The van der Waals surface area contributed by atoms with E-state index in [9.17, 15) is 55.1 Å². The monoisotopic (exact) mass is 1540 g/mol. The number of hydrogen-bond donors (Lipinski definition) is 3. The first kappa shape index (κ1) is 88.0. The minimum atomic E-state index is -5.21. The predicted octanol–water partition coefficient (Wildman–Crippen LogP) is 7.51. The van der Waals surface area contributed by atoms with Gasteiger partial charge in [-0.25, -0.2) is 8.78 Å². The molecule has 6 fully saturated rings. The number of alkyl halides is 8. The molecule has 5 aliphatic carbocycles. The van der Waals surface area contributed by atoms with Crippen LogP contribution in [0.3, 0.4) is 0 Å². The van der Waals surface area contributed by atoms with Gasteiger partial charge in [-0.15, -0.1) is 0 Å². The Hall–Kier alpha value is -7.18. The lowest BCUT2D eigenvalue weighted by atomic mass is 9.74. The Kier molecular flexibility index (Phi) is 31.1. The number of hydrogen-bond acceptors (Lipinski definition) is 12. The smallest absolute Gasteiger partial charge is 0.347 e. The third kappa shape index (κ3) is 21.5. The van der Waals surface area contributed by atoms with E-state index in [1.807, 2.05) is 0 Å². The topological polar surface area (TPSA) is 270 Å². The van der Waals surface area contributed by atoms with Gasteiger partial charge < -0.3 is 60.0 Å². The van der Waals surface area contributed by atoms with Crippen LogP contribution in [-0.2, 0) is 57.5 Å². The van der Waals surface area contributed by atoms with E-state index in [4.69, 9.17) is 0 Å². The van der Waals surface area contributed by atoms with Crippen LogP contribution in [0.1, 0.15) is 194 Å². The van der Waals surface area contributed by atoms with Gasteiger partial charge in [0.05, 0.1) is 25.4 Å². The second-order valence-electron chi connectivity index (χ2n) is 32.3. The first-order valence-electron chi connectivity index (χ1n) is 39.0. The molecule has 3 N–H and O–H groups in total. The molecule has 2 bridgehead atoms. The number of amides is 12. The molecule has 24 nitrogen and oxygen atoms in total. The molecule has 1 spiro atoms. The Balaban J connectivity index is 1.32. The molecule has 2 aliphatic heterocycles. The van der Waals surface area contributed by atoms with Crippen LogP contribution in [-0.4, -0.2) is 277 Å². The number of carbonyl (C=O) groups excluding carboxylic acids is 12. The van der Waals surface area contributed by atoms with Gasteiger partial charge in [-0.05, 0) is 145 Å². The zero-order valence-corrected chi connectivity index (χ0v) is 65.1. The number of carbonyl (C=O) groups is 12. The van der Waals surface area contributed by atoms with Crippen LogP contribution in [0.15, 0.2) is 12.2 Å². The van der Waals surface area contributed by atoms with Gasteiger partial charge >= 0.3 is 12.4 Å². The van der Waals surface area contributed by atoms with E-state index in [-0.39, 0.29) is 89.5 Å². The summed E-state index contributed by atoms with van der Waals surface area (Å²) in [6.07, 6.45) is -8.13. The molecule has 1 saturated heterocycles. The normalized spacial score (nSPS) is 31.8. The van der Waals surface area contributed by atoms with Crippen molar-refractivity contribution in [2.75, 3.05) is 83.1 Å². The van der Waals surface area contributed by atoms with Crippen LogP contribution in [0.5, 0.6) is 0 Å². The van der Waals surface area contributed by atoms with Crippen molar-refractivity contribution >= 4 is 70.9 Å². The summed E-state index contributed by atoms with van der Waals surface area (Å²) in [7, 11) is 12.2. The number of nitrogens with one attached hydrogen (secondary N) is 3. The summed E-state index contributed by atoms with van der Waals surface area (Å²) < 4.78 is 115. The van der Waals surface area contributed by atoms with Gasteiger partial charge in [-0.1, -0.05) is 84.3 Å². The fourth-order valence-corrected chi connectivity index (χ4v) is 17.5. The lowest BCUT2D eigenvalue weighted by Crippen LogP contribution is -2.68. The zero-order chi connectivity index (χ0) is 80.2. The molecular weight excluding hydrogens is 1420 g/mol. The van der Waals surface area contributed by atoms with Crippen molar-refractivity contribution in [3.63, 3.8) is 0 Å². The van der Waals surface area contributed by atoms with E-state index >= 15 is 37.5 Å². The fraction of sp³-hybridized carbons (Fsp3) is 0.816. The maximum Gasteiger partial charge on any atom is 0.397 e. The predicted molar refractivity (Wildman–Crippen MR) is 384 cm³/mol. The van der Waals surface area contributed by atoms with E-state index < -0.39 is 224 Å². The van der Waals surface area contributed by atoms with Gasteiger partial charge in [0.1, 0.15) is 72.1 Å². The summed E-state index contributed by atoms with van der Waals surface area (Å²) in [5.74, 6) is -16.7. The van der Waals surface area contributed by atoms with Crippen molar-refractivity contribution in [3.8, 4) is 0 Å². The number of rotatable bonds is 12. The van der Waals surface area contributed by atoms with E-state index in [0.29, 0.717) is 51.4 Å². The van der Waals surface area contributed by atoms with Gasteiger partial charge in [0, 0.05) is 70.0 Å².